The Hall–Kier alpha value is -1.75. The standard InChI is InChI=1S/C12H15ClN2O3/c1-18-11(16)3-2-4-15-12(17)8-5-9(13)7-10(14)6-8/h5-7H,2-4,14H2,1H3,(H,15,17). The maximum Gasteiger partial charge on any atom is 0.305 e. The van der Waals surface area contributed by atoms with Crippen molar-refractivity contribution in [2.75, 3.05) is 19.4 Å². The van der Waals surface area contributed by atoms with Gasteiger partial charge in [-0.05, 0) is 24.6 Å². The van der Waals surface area contributed by atoms with Crippen molar-refractivity contribution in [3.63, 3.8) is 0 Å². The van der Waals surface area contributed by atoms with Gasteiger partial charge in [-0.15, -0.1) is 0 Å². The molecule has 0 radical (unpaired) electrons. The quantitative estimate of drug-likeness (QED) is 0.484. The van der Waals surface area contributed by atoms with Crippen LogP contribution < -0.4 is 11.1 Å². The summed E-state index contributed by atoms with van der Waals surface area (Å²) in [5.41, 5.74) is 6.42. The van der Waals surface area contributed by atoms with Gasteiger partial charge in [0.1, 0.15) is 0 Å². The number of rotatable bonds is 5. The largest absolute Gasteiger partial charge is 0.469 e. The second kappa shape index (κ2) is 6.86. The van der Waals surface area contributed by atoms with Crippen LogP contribution in [-0.4, -0.2) is 25.5 Å². The molecule has 1 aromatic carbocycles. The zero-order valence-corrected chi connectivity index (χ0v) is 10.8. The van der Waals surface area contributed by atoms with Crippen molar-refractivity contribution in [3.8, 4) is 0 Å². The lowest BCUT2D eigenvalue weighted by Crippen LogP contribution is -2.25. The minimum Gasteiger partial charge on any atom is -0.469 e. The van der Waals surface area contributed by atoms with Crippen LogP contribution in [0.5, 0.6) is 0 Å². The summed E-state index contributed by atoms with van der Waals surface area (Å²) < 4.78 is 4.49. The first-order valence-corrected chi connectivity index (χ1v) is 5.82. The summed E-state index contributed by atoms with van der Waals surface area (Å²) >= 11 is 5.79. The average molecular weight is 271 g/mol. The number of benzene rings is 1. The van der Waals surface area contributed by atoms with E-state index in [0.717, 1.165) is 0 Å². The van der Waals surface area contributed by atoms with Gasteiger partial charge < -0.3 is 15.8 Å². The summed E-state index contributed by atoms with van der Waals surface area (Å²) in [5, 5.41) is 3.08. The number of carbonyl (C=O) groups excluding carboxylic acids is 2. The number of nitrogens with one attached hydrogen (secondary N) is 1. The Labute approximate surface area is 110 Å². The fourth-order valence-corrected chi connectivity index (χ4v) is 1.63. The van der Waals surface area contributed by atoms with E-state index < -0.39 is 0 Å². The highest BCUT2D eigenvalue weighted by Crippen LogP contribution is 2.16. The molecule has 3 N–H and O–H groups in total. The predicted octanol–water partition coefficient (Wildman–Crippen LogP) is 1.61. The molecule has 0 saturated heterocycles. The van der Waals surface area contributed by atoms with E-state index in [0.29, 0.717) is 29.2 Å². The summed E-state index contributed by atoms with van der Waals surface area (Å²) in [4.78, 5) is 22.6. The molecule has 0 aliphatic heterocycles. The highest BCUT2D eigenvalue weighted by molar-refractivity contribution is 6.31. The number of ether oxygens (including phenoxy) is 1. The van der Waals surface area contributed by atoms with E-state index in [1.54, 1.807) is 12.1 Å². The molecule has 0 spiro atoms. The van der Waals surface area contributed by atoms with E-state index in [9.17, 15) is 9.59 Å². The van der Waals surface area contributed by atoms with E-state index in [2.05, 4.69) is 10.1 Å². The first-order chi connectivity index (χ1) is 8.52. The average Bonchev–Trinajstić information content (AvgIpc) is 2.32. The molecular weight excluding hydrogens is 256 g/mol. The van der Waals surface area contributed by atoms with Crippen LogP contribution in [-0.2, 0) is 9.53 Å². The fourth-order valence-electron chi connectivity index (χ4n) is 1.38. The number of hydrogen-bond acceptors (Lipinski definition) is 4. The number of hydrogen-bond donors (Lipinski definition) is 2. The third-order valence-electron chi connectivity index (χ3n) is 2.25. The summed E-state index contributed by atoms with van der Waals surface area (Å²) in [7, 11) is 1.33. The maximum atomic E-state index is 11.7. The van der Waals surface area contributed by atoms with Crippen LogP contribution in [0.2, 0.25) is 5.02 Å². The van der Waals surface area contributed by atoms with Crippen molar-refractivity contribution < 1.29 is 14.3 Å². The van der Waals surface area contributed by atoms with Gasteiger partial charge in [0, 0.05) is 29.2 Å². The molecule has 1 rings (SSSR count). The van der Waals surface area contributed by atoms with Gasteiger partial charge in [0.05, 0.1) is 7.11 Å². The van der Waals surface area contributed by atoms with Gasteiger partial charge in [0.15, 0.2) is 0 Å². The number of methoxy groups -OCH3 is 1. The summed E-state index contributed by atoms with van der Waals surface area (Å²) in [6.45, 7) is 0.389. The zero-order chi connectivity index (χ0) is 13.5. The minimum absolute atomic E-state index is 0.269. The molecular formula is C12H15ClN2O3. The molecule has 1 aromatic rings. The zero-order valence-electron chi connectivity index (χ0n) is 10.0. The van der Waals surface area contributed by atoms with Crippen LogP contribution in [0, 0.1) is 0 Å². The topological polar surface area (TPSA) is 81.4 Å². The SMILES string of the molecule is COC(=O)CCCNC(=O)c1cc(N)cc(Cl)c1. The molecule has 18 heavy (non-hydrogen) atoms. The Balaban J connectivity index is 2.43. The van der Waals surface area contributed by atoms with Crippen molar-refractivity contribution in [2.24, 2.45) is 0 Å². The molecule has 0 heterocycles. The predicted molar refractivity (Wildman–Crippen MR) is 69.4 cm³/mol. The van der Waals surface area contributed by atoms with Crippen molar-refractivity contribution in [1.29, 1.82) is 0 Å². The van der Waals surface area contributed by atoms with Crippen LogP contribution in [0.25, 0.3) is 0 Å². The van der Waals surface area contributed by atoms with Crippen LogP contribution >= 0.6 is 11.6 Å². The Morgan fingerprint density at radius 2 is 2.11 bits per heavy atom. The molecule has 0 fully saturated rings. The van der Waals surface area contributed by atoms with Gasteiger partial charge in [-0.2, -0.15) is 0 Å². The van der Waals surface area contributed by atoms with Crippen LogP contribution in [0.3, 0.4) is 0 Å². The van der Waals surface area contributed by atoms with E-state index in [1.165, 1.54) is 13.2 Å². The molecule has 6 heteroatoms. The Morgan fingerprint density at radius 3 is 2.72 bits per heavy atom. The van der Waals surface area contributed by atoms with Gasteiger partial charge in [-0.25, -0.2) is 0 Å². The number of nitrogens with two attached hydrogens (primary N) is 1. The normalized spacial score (nSPS) is 9.89. The highest BCUT2D eigenvalue weighted by Gasteiger charge is 2.07. The summed E-state index contributed by atoms with van der Waals surface area (Å²) in [5.74, 6) is -0.565. The molecule has 0 saturated carbocycles. The summed E-state index contributed by atoms with van der Waals surface area (Å²) in [6, 6.07) is 4.64. The molecule has 0 aliphatic rings. The molecule has 98 valence electrons. The van der Waals surface area contributed by atoms with Gasteiger partial charge in [0.25, 0.3) is 5.91 Å². The van der Waals surface area contributed by atoms with Crippen molar-refractivity contribution in [1.82, 2.24) is 5.32 Å². The van der Waals surface area contributed by atoms with Gasteiger partial charge in [-0.3, -0.25) is 9.59 Å². The third kappa shape index (κ3) is 4.63. The molecule has 0 unspecified atom stereocenters. The van der Waals surface area contributed by atoms with E-state index in [-0.39, 0.29) is 18.3 Å². The van der Waals surface area contributed by atoms with Gasteiger partial charge in [-0.1, -0.05) is 11.6 Å². The van der Waals surface area contributed by atoms with E-state index in [1.807, 2.05) is 0 Å². The van der Waals surface area contributed by atoms with Gasteiger partial charge in [0.2, 0.25) is 0 Å². The first kappa shape index (κ1) is 14.3. The van der Waals surface area contributed by atoms with E-state index in [4.69, 9.17) is 17.3 Å². The lowest BCUT2D eigenvalue weighted by molar-refractivity contribution is -0.140. The van der Waals surface area contributed by atoms with Crippen LogP contribution in [0.15, 0.2) is 18.2 Å². The van der Waals surface area contributed by atoms with Crippen molar-refractivity contribution >= 4 is 29.2 Å². The lowest BCUT2D eigenvalue weighted by Gasteiger charge is -2.06. The lowest BCUT2D eigenvalue weighted by atomic mass is 10.2. The Morgan fingerprint density at radius 1 is 1.39 bits per heavy atom. The van der Waals surface area contributed by atoms with Crippen LogP contribution in [0.1, 0.15) is 23.2 Å². The fraction of sp³-hybridized carbons (Fsp3) is 0.333. The maximum absolute atomic E-state index is 11.7. The molecule has 5 nitrogen and oxygen atoms in total. The Kier molecular flexibility index (Phi) is 5.45. The molecule has 0 bridgehead atoms. The monoisotopic (exact) mass is 270 g/mol. The van der Waals surface area contributed by atoms with Crippen LogP contribution in [0.4, 0.5) is 5.69 Å². The number of amides is 1. The number of anilines is 1. The third-order valence-corrected chi connectivity index (χ3v) is 2.47. The number of esters is 1. The molecule has 0 atom stereocenters. The second-order valence-electron chi connectivity index (χ2n) is 3.71. The van der Waals surface area contributed by atoms with Gasteiger partial charge >= 0.3 is 5.97 Å². The Bertz CT molecular complexity index is 429. The number of nitrogen functional groups attached to an aromatic ring is 1. The number of carbonyl (C=O) groups is 2. The van der Waals surface area contributed by atoms with Crippen molar-refractivity contribution in [3.05, 3.63) is 28.8 Å². The number of halogens is 1. The van der Waals surface area contributed by atoms with E-state index >= 15 is 0 Å². The second-order valence-corrected chi connectivity index (χ2v) is 4.15. The summed E-state index contributed by atoms with van der Waals surface area (Å²) in [6.07, 6.45) is 0.795. The van der Waals surface area contributed by atoms with Crippen molar-refractivity contribution in [2.45, 2.75) is 12.8 Å². The highest BCUT2D eigenvalue weighted by atomic mass is 35.5. The molecule has 0 aliphatic carbocycles. The smallest absolute Gasteiger partial charge is 0.305 e. The molecule has 1 amide bonds. The molecule has 0 aromatic heterocycles. The minimum atomic E-state index is -0.295. The first-order valence-electron chi connectivity index (χ1n) is 5.44.